The first-order valence-corrected chi connectivity index (χ1v) is 10.4. The van der Waals surface area contributed by atoms with Gasteiger partial charge in [0.05, 0.1) is 11.4 Å². The molecule has 0 N–H and O–H groups in total. The quantitative estimate of drug-likeness (QED) is 0.752. The Bertz CT molecular complexity index is 1010. The number of nitrogens with zero attached hydrogens (tertiary/aromatic N) is 5. The van der Waals surface area contributed by atoms with E-state index in [-0.39, 0.29) is 0 Å². The van der Waals surface area contributed by atoms with Crippen LogP contribution in [0.25, 0.3) is 11.3 Å². The van der Waals surface area contributed by atoms with Gasteiger partial charge in [0.1, 0.15) is 6.33 Å². The normalized spacial score (nSPS) is 19.4. The van der Waals surface area contributed by atoms with Crippen molar-refractivity contribution in [3.63, 3.8) is 0 Å². The number of piperidine rings is 1. The lowest BCUT2D eigenvalue weighted by Gasteiger charge is -2.40. The molecule has 1 saturated heterocycles. The summed E-state index contributed by atoms with van der Waals surface area (Å²) in [6, 6.07) is 8.58. The van der Waals surface area contributed by atoms with Crippen molar-refractivity contribution < 1.29 is 0 Å². The number of aryl methyl sites for hydroxylation is 2. The van der Waals surface area contributed by atoms with E-state index >= 15 is 0 Å². The van der Waals surface area contributed by atoms with Gasteiger partial charge in [0.25, 0.3) is 0 Å². The summed E-state index contributed by atoms with van der Waals surface area (Å²) < 4.78 is 0. The zero-order valence-electron chi connectivity index (χ0n) is 18.1. The summed E-state index contributed by atoms with van der Waals surface area (Å²) in [5, 5.41) is 0. The fraction of sp³-hybridized carbons (Fsp3) is 0.320. The second-order valence-corrected chi connectivity index (χ2v) is 8.27. The highest BCUT2D eigenvalue weighted by Gasteiger charge is 2.29. The van der Waals surface area contributed by atoms with Gasteiger partial charge in [0.2, 0.25) is 5.96 Å². The molecule has 0 radical (unpaired) electrons. The van der Waals surface area contributed by atoms with Crippen LogP contribution in [-0.2, 0) is 0 Å². The average molecular weight is 400 g/mol. The molecule has 1 aromatic carbocycles. The van der Waals surface area contributed by atoms with Crippen molar-refractivity contribution in [2.75, 3.05) is 20.1 Å². The number of rotatable bonds is 3. The molecule has 1 unspecified atom stereocenters. The molecule has 2 aromatic rings. The van der Waals surface area contributed by atoms with Gasteiger partial charge >= 0.3 is 0 Å². The molecule has 1 atom stereocenters. The zero-order chi connectivity index (χ0) is 21.3. The van der Waals surface area contributed by atoms with Crippen molar-refractivity contribution >= 4 is 17.2 Å². The van der Waals surface area contributed by atoms with Crippen molar-refractivity contribution in [1.29, 1.82) is 0 Å². The fourth-order valence-electron chi connectivity index (χ4n) is 4.29. The summed E-state index contributed by atoms with van der Waals surface area (Å²) in [6.45, 7) is 14.9. The Morgan fingerprint density at radius 1 is 1.17 bits per heavy atom. The standard InChI is InChI=1S/C25H29N5/c1-17-11-18(2)13-22(12-17)20(4)21-7-6-10-30(15-21)25-28-24(14-19(3)29(25)5)23-8-9-26-16-27-23/h8-9,11-14,16,21H,3-4,6-7,10,15H2,1-2,5H3. The van der Waals surface area contributed by atoms with E-state index in [0.717, 1.165) is 49.0 Å². The Balaban J connectivity index is 1.59. The van der Waals surface area contributed by atoms with Crippen LogP contribution in [0.15, 0.2) is 66.7 Å². The highest BCUT2D eigenvalue weighted by molar-refractivity contribution is 5.91. The molecule has 30 heavy (non-hydrogen) atoms. The Hall–Kier alpha value is -3.21. The van der Waals surface area contributed by atoms with Crippen molar-refractivity contribution in [3.05, 3.63) is 84.1 Å². The van der Waals surface area contributed by atoms with E-state index in [9.17, 15) is 0 Å². The Morgan fingerprint density at radius 3 is 2.63 bits per heavy atom. The summed E-state index contributed by atoms with van der Waals surface area (Å²) in [5.74, 6) is 1.33. The first kappa shape index (κ1) is 20.1. The number of allylic oxidation sites excluding steroid dienone is 1. The van der Waals surface area contributed by atoms with Crippen LogP contribution in [0.3, 0.4) is 0 Å². The molecule has 2 aliphatic heterocycles. The lowest BCUT2D eigenvalue weighted by molar-refractivity contribution is 0.275. The first-order chi connectivity index (χ1) is 14.4. The third-order valence-electron chi connectivity index (χ3n) is 5.89. The largest absolute Gasteiger partial charge is 0.342 e. The van der Waals surface area contributed by atoms with Crippen LogP contribution in [0.1, 0.15) is 35.2 Å². The molecule has 5 heteroatoms. The molecular formula is C25H29N5. The van der Waals surface area contributed by atoms with Gasteiger partial charge in [-0.15, -0.1) is 0 Å². The third-order valence-corrected chi connectivity index (χ3v) is 5.89. The monoisotopic (exact) mass is 399 g/mol. The number of hydrogen-bond acceptors (Lipinski definition) is 5. The van der Waals surface area contributed by atoms with Crippen LogP contribution in [0, 0.1) is 19.8 Å². The van der Waals surface area contributed by atoms with Crippen molar-refractivity contribution in [3.8, 4) is 0 Å². The predicted molar refractivity (Wildman–Crippen MR) is 124 cm³/mol. The summed E-state index contributed by atoms with van der Waals surface area (Å²) in [4.78, 5) is 17.8. The van der Waals surface area contributed by atoms with E-state index in [0.29, 0.717) is 5.92 Å². The summed E-state index contributed by atoms with van der Waals surface area (Å²) >= 11 is 0. The molecule has 0 spiro atoms. The Kier molecular flexibility index (Phi) is 5.53. The molecule has 154 valence electrons. The van der Waals surface area contributed by atoms with Gasteiger partial charge in [-0.1, -0.05) is 42.5 Å². The molecule has 0 bridgehead atoms. The maximum absolute atomic E-state index is 4.95. The number of aliphatic imine (C=N–C) groups is 1. The predicted octanol–water partition coefficient (Wildman–Crippen LogP) is 4.67. The maximum Gasteiger partial charge on any atom is 0.206 e. The van der Waals surface area contributed by atoms with Gasteiger partial charge < -0.3 is 9.80 Å². The molecular weight excluding hydrogens is 370 g/mol. The van der Waals surface area contributed by atoms with Gasteiger partial charge in [0.15, 0.2) is 0 Å². The molecule has 2 aliphatic rings. The minimum atomic E-state index is 0.401. The van der Waals surface area contributed by atoms with Gasteiger partial charge in [0, 0.05) is 37.9 Å². The second kappa shape index (κ2) is 8.27. The fourth-order valence-corrected chi connectivity index (χ4v) is 4.29. The van der Waals surface area contributed by atoms with Crippen LogP contribution in [0.2, 0.25) is 0 Å². The minimum absolute atomic E-state index is 0.401. The Morgan fingerprint density at radius 2 is 1.93 bits per heavy atom. The lowest BCUT2D eigenvalue weighted by atomic mass is 9.86. The topological polar surface area (TPSA) is 44.6 Å². The van der Waals surface area contributed by atoms with E-state index in [4.69, 9.17) is 4.99 Å². The highest BCUT2D eigenvalue weighted by atomic mass is 15.4. The summed E-state index contributed by atoms with van der Waals surface area (Å²) in [6.07, 6.45) is 7.53. The minimum Gasteiger partial charge on any atom is -0.342 e. The number of likely N-dealkylation sites (N-methyl/N-ethyl adjacent to an activating group) is 1. The molecule has 1 fully saturated rings. The molecule has 5 nitrogen and oxygen atoms in total. The second-order valence-electron chi connectivity index (χ2n) is 8.27. The molecule has 1 aromatic heterocycles. The van der Waals surface area contributed by atoms with Gasteiger partial charge in [-0.25, -0.2) is 15.0 Å². The van der Waals surface area contributed by atoms with Crippen molar-refractivity contribution in [1.82, 2.24) is 19.8 Å². The summed E-state index contributed by atoms with van der Waals surface area (Å²) in [5.41, 5.74) is 7.58. The van der Waals surface area contributed by atoms with Crippen LogP contribution < -0.4 is 0 Å². The molecule has 0 saturated carbocycles. The van der Waals surface area contributed by atoms with Gasteiger partial charge in [-0.2, -0.15) is 0 Å². The Labute approximate surface area is 179 Å². The zero-order valence-corrected chi connectivity index (χ0v) is 18.1. The molecule has 4 rings (SSSR count). The van der Waals surface area contributed by atoms with Crippen LogP contribution in [0.5, 0.6) is 0 Å². The van der Waals surface area contributed by atoms with E-state index in [1.165, 1.54) is 22.3 Å². The molecule has 3 heterocycles. The SMILES string of the molecule is C=C(c1cc(C)cc(C)c1)C1CCCN(C2=NC(c3ccncn3)=CC(=C)N2C)C1. The third kappa shape index (κ3) is 4.06. The smallest absolute Gasteiger partial charge is 0.206 e. The lowest BCUT2D eigenvalue weighted by Crippen LogP contribution is -2.47. The number of benzene rings is 1. The maximum atomic E-state index is 4.95. The van der Waals surface area contributed by atoms with E-state index < -0.39 is 0 Å². The van der Waals surface area contributed by atoms with E-state index in [2.05, 4.69) is 65.0 Å². The van der Waals surface area contributed by atoms with Gasteiger partial charge in [-0.05, 0) is 50.0 Å². The van der Waals surface area contributed by atoms with Crippen molar-refractivity contribution in [2.45, 2.75) is 26.7 Å². The molecule has 0 amide bonds. The van der Waals surface area contributed by atoms with Crippen LogP contribution in [-0.4, -0.2) is 45.9 Å². The number of guanidine groups is 1. The number of likely N-dealkylation sites (tertiary alicyclic amines) is 1. The van der Waals surface area contributed by atoms with Gasteiger partial charge in [-0.3, -0.25) is 0 Å². The van der Waals surface area contributed by atoms with Crippen LogP contribution >= 0.6 is 0 Å². The highest BCUT2D eigenvalue weighted by Crippen LogP contribution is 2.32. The van der Waals surface area contributed by atoms with Crippen molar-refractivity contribution in [2.24, 2.45) is 10.9 Å². The average Bonchev–Trinajstić information content (AvgIpc) is 2.75. The van der Waals surface area contributed by atoms with Crippen LogP contribution in [0.4, 0.5) is 0 Å². The number of hydrogen-bond donors (Lipinski definition) is 0. The first-order valence-electron chi connectivity index (χ1n) is 10.4. The summed E-state index contributed by atoms with van der Waals surface area (Å²) in [7, 11) is 2.02. The number of aromatic nitrogens is 2. The van der Waals surface area contributed by atoms with E-state index in [1.807, 2.05) is 19.2 Å². The van der Waals surface area contributed by atoms with E-state index in [1.54, 1.807) is 12.5 Å². The molecule has 0 aliphatic carbocycles.